The Morgan fingerprint density at radius 2 is 1.77 bits per heavy atom. The minimum absolute atomic E-state index is 0.236. The van der Waals surface area contributed by atoms with E-state index in [4.69, 9.17) is 11.6 Å². The van der Waals surface area contributed by atoms with Gasteiger partial charge in [-0.15, -0.1) is 0 Å². The third kappa shape index (κ3) is 4.57. The van der Waals surface area contributed by atoms with Crippen LogP contribution in [-0.4, -0.2) is 61.9 Å². The molecule has 158 valence electrons. The first-order valence-electron chi connectivity index (χ1n) is 9.24. The monoisotopic (exact) mass is 465 g/mol. The molecule has 1 aromatic heterocycles. The fourth-order valence-corrected chi connectivity index (χ4v) is 5.64. The number of aromatic nitrogens is 1. The van der Waals surface area contributed by atoms with Crippen LogP contribution in [0.15, 0.2) is 47.4 Å². The maximum Gasteiger partial charge on any atom is 0.325 e. The number of carbonyl (C=O) groups excluding carboxylic acids is 1. The predicted molar refractivity (Wildman–Crippen MR) is 120 cm³/mol. The largest absolute Gasteiger partial charge is 0.325 e. The van der Waals surface area contributed by atoms with E-state index in [2.05, 4.69) is 20.5 Å². The summed E-state index contributed by atoms with van der Waals surface area (Å²) in [6, 6.07) is 11.1. The Kier molecular flexibility index (Phi) is 5.94. The summed E-state index contributed by atoms with van der Waals surface area (Å²) in [4.78, 5) is 18.9. The molecule has 2 aromatic carbocycles. The Morgan fingerprint density at radius 1 is 1.07 bits per heavy atom. The molecule has 1 aliphatic heterocycles. The Morgan fingerprint density at radius 3 is 2.47 bits per heavy atom. The maximum absolute atomic E-state index is 13.0. The van der Waals surface area contributed by atoms with Gasteiger partial charge in [-0.1, -0.05) is 22.9 Å². The second-order valence-corrected chi connectivity index (χ2v) is 10.3. The van der Waals surface area contributed by atoms with Crippen LogP contribution in [0.2, 0.25) is 5.02 Å². The summed E-state index contributed by atoms with van der Waals surface area (Å²) in [5, 5.41) is 6.33. The number of fused-ring (bicyclic) bond motifs is 1. The molecule has 2 N–H and O–H groups in total. The summed E-state index contributed by atoms with van der Waals surface area (Å²) in [7, 11) is -1.58. The fourth-order valence-electron chi connectivity index (χ4n) is 3.09. The van der Waals surface area contributed by atoms with Gasteiger partial charge in [0.15, 0.2) is 5.13 Å². The van der Waals surface area contributed by atoms with Gasteiger partial charge in [0.1, 0.15) is 0 Å². The van der Waals surface area contributed by atoms with Crippen molar-refractivity contribution in [3.63, 3.8) is 0 Å². The standard InChI is InChI=1S/C19H20ClN5O3S2/c1-24-8-10-25(11-9-24)30(27,28)15-6-7-16-17(12-15)29-19(22-16)23-18(26)21-14-4-2-13(20)3-5-14/h2-7,12H,8-11H2,1H3,(H2,21,22,23,26). The van der Waals surface area contributed by atoms with Crippen molar-refractivity contribution in [2.45, 2.75) is 4.90 Å². The topological polar surface area (TPSA) is 94.6 Å². The lowest BCUT2D eigenvalue weighted by Gasteiger charge is -2.31. The van der Waals surface area contributed by atoms with Crippen LogP contribution in [-0.2, 0) is 10.0 Å². The van der Waals surface area contributed by atoms with Gasteiger partial charge in [-0.25, -0.2) is 18.2 Å². The van der Waals surface area contributed by atoms with Gasteiger partial charge in [-0.2, -0.15) is 4.31 Å². The van der Waals surface area contributed by atoms with Crippen molar-refractivity contribution in [3.05, 3.63) is 47.5 Å². The summed E-state index contributed by atoms with van der Waals surface area (Å²) >= 11 is 7.06. The number of urea groups is 1. The third-order valence-electron chi connectivity index (χ3n) is 4.78. The van der Waals surface area contributed by atoms with Crippen LogP contribution in [0.1, 0.15) is 0 Å². The first kappa shape index (κ1) is 21.0. The van der Waals surface area contributed by atoms with E-state index in [0.717, 1.165) is 0 Å². The molecule has 0 bridgehead atoms. The molecule has 4 rings (SSSR count). The highest BCUT2D eigenvalue weighted by Gasteiger charge is 2.27. The van der Waals surface area contributed by atoms with Crippen molar-refractivity contribution in [1.29, 1.82) is 0 Å². The minimum atomic E-state index is -3.56. The molecule has 1 aliphatic rings. The number of likely N-dealkylation sites (N-methyl/N-ethyl adjacent to an activating group) is 1. The van der Waals surface area contributed by atoms with Crippen LogP contribution in [0, 0.1) is 0 Å². The van der Waals surface area contributed by atoms with E-state index in [1.807, 2.05) is 7.05 Å². The number of anilines is 2. The van der Waals surface area contributed by atoms with Crippen molar-refractivity contribution in [2.75, 3.05) is 43.9 Å². The smallest absolute Gasteiger partial charge is 0.308 e. The van der Waals surface area contributed by atoms with Gasteiger partial charge in [-0.3, -0.25) is 5.32 Å². The molecule has 0 saturated carbocycles. The molecule has 2 amide bonds. The number of rotatable bonds is 4. The summed E-state index contributed by atoms with van der Waals surface area (Å²) in [5.41, 5.74) is 1.22. The molecule has 1 saturated heterocycles. The first-order valence-corrected chi connectivity index (χ1v) is 11.9. The van der Waals surface area contributed by atoms with Crippen LogP contribution >= 0.6 is 22.9 Å². The van der Waals surface area contributed by atoms with E-state index in [-0.39, 0.29) is 4.90 Å². The molecule has 0 spiro atoms. The number of carbonyl (C=O) groups is 1. The molecule has 3 aromatic rings. The second kappa shape index (κ2) is 8.48. The van der Waals surface area contributed by atoms with E-state index in [9.17, 15) is 13.2 Å². The Labute approximate surface area is 183 Å². The lowest BCUT2D eigenvalue weighted by Crippen LogP contribution is -2.46. The van der Waals surface area contributed by atoms with Crippen molar-refractivity contribution in [1.82, 2.24) is 14.2 Å². The average molecular weight is 466 g/mol. The number of hydrogen-bond acceptors (Lipinski definition) is 6. The van der Waals surface area contributed by atoms with Crippen LogP contribution in [0.3, 0.4) is 0 Å². The van der Waals surface area contributed by atoms with Crippen molar-refractivity contribution < 1.29 is 13.2 Å². The van der Waals surface area contributed by atoms with Crippen LogP contribution in [0.25, 0.3) is 10.2 Å². The maximum atomic E-state index is 13.0. The van der Waals surface area contributed by atoms with Crippen molar-refractivity contribution in [2.24, 2.45) is 0 Å². The van der Waals surface area contributed by atoms with Crippen molar-refractivity contribution in [3.8, 4) is 0 Å². The molecule has 30 heavy (non-hydrogen) atoms. The van der Waals surface area contributed by atoms with Gasteiger partial charge >= 0.3 is 6.03 Å². The van der Waals surface area contributed by atoms with E-state index < -0.39 is 16.1 Å². The van der Waals surface area contributed by atoms with E-state index in [1.165, 1.54) is 15.6 Å². The zero-order valence-corrected chi connectivity index (χ0v) is 18.5. The van der Waals surface area contributed by atoms with Crippen LogP contribution in [0.5, 0.6) is 0 Å². The minimum Gasteiger partial charge on any atom is -0.308 e. The van der Waals surface area contributed by atoms with Crippen LogP contribution in [0.4, 0.5) is 15.6 Å². The number of nitrogens with zero attached hydrogens (tertiary/aromatic N) is 3. The summed E-state index contributed by atoms with van der Waals surface area (Å²) in [6.45, 7) is 2.35. The van der Waals surface area contributed by atoms with E-state index in [0.29, 0.717) is 52.2 Å². The van der Waals surface area contributed by atoms with Gasteiger partial charge in [0, 0.05) is 36.9 Å². The number of amides is 2. The van der Waals surface area contributed by atoms with Crippen LogP contribution < -0.4 is 10.6 Å². The first-order chi connectivity index (χ1) is 14.3. The predicted octanol–water partition coefficient (Wildman–Crippen LogP) is 3.53. The summed E-state index contributed by atoms with van der Waals surface area (Å²) in [5.74, 6) is 0. The molecule has 0 aliphatic carbocycles. The highest BCUT2D eigenvalue weighted by Crippen LogP contribution is 2.29. The van der Waals surface area contributed by atoms with E-state index in [1.54, 1.807) is 42.5 Å². The normalized spacial score (nSPS) is 15.9. The molecule has 11 heteroatoms. The number of sulfonamides is 1. The fraction of sp³-hybridized carbons (Fsp3) is 0.263. The molecule has 8 nitrogen and oxygen atoms in total. The van der Waals surface area contributed by atoms with Gasteiger partial charge in [-0.05, 0) is 49.5 Å². The van der Waals surface area contributed by atoms with Gasteiger partial charge in [0.05, 0.1) is 15.1 Å². The number of benzene rings is 2. The average Bonchev–Trinajstić information content (AvgIpc) is 3.11. The highest BCUT2D eigenvalue weighted by molar-refractivity contribution is 7.89. The molecular formula is C19H20ClN5O3S2. The molecule has 0 unspecified atom stereocenters. The third-order valence-corrected chi connectivity index (χ3v) is 7.86. The molecule has 0 atom stereocenters. The number of piperazine rings is 1. The summed E-state index contributed by atoms with van der Waals surface area (Å²) in [6.07, 6.45) is 0. The van der Waals surface area contributed by atoms with Gasteiger partial charge in [0.2, 0.25) is 10.0 Å². The highest BCUT2D eigenvalue weighted by atomic mass is 35.5. The zero-order chi connectivity index (χ0) is 21.3. The lowest BCUT2D eigenvalue weighted by atomic mass is 10.3. The number of hydrogen-bond donors (Lipinski definition) is 2. The van der Waals surface area contributed by atoms with Crippen molar-refractivity contribution >= 4 is 60.0 Å². The SMILES string of the molecule is CN1CCN(S(=O)(=O)c2ccc3nc(NC(=O)Nc4ccc(Cl)cc4)sc3c2)CC1. The molecule has 1 fully saturated rings. The number of nitrogens with one attached hydrogen (secondary N) is 2. The van der Waals surface area contributed by atoms with E-state index >= 15 is 0 Å². The molecular weight excluding hydrogens is 446 g/mol. The number of thiazole rings is 1. The molecule has 0 radical (unpaired) electrons. The summed E-state index contributed by atoms with van der Waals surface area (Å²) < 4.78 is 28.1. The Hall–Kier alpha value is -2.24. The second-order valence-electron chi connectivity index (χ2n) is 6.94. The number of halogens is 1. The Bertz CT molecular complexity index is 1170. The van der Waals surface area contributed by atoms with Gasteiger partial charge < -0.3 is 10.2 Å². The molecule has 2 heterocycles. The Balaban J connectivity index is 1.49. The quantitative estimate of drug-likeness (QED) is 0.614. The zero-order valence-electron chi connectivity index (χ0n) is 16.1. The van der Waals surface area contributed by atoms with Gasteiger partial charge in [0.25, 0.3) is 0 Å². The lowest BCUT2D eigenvalue weighted by molar-refractivity contribution is 0.222.